The van der Waals surface area contributed by atoms with Crippen LogP contribution in [0.1, 0.15) is 13.8 Å². The Labute approximate surface area is 201 Å². The zero-order valence-electron chi connectivity index (χ0n) is 19.4. The first kappa shape index (κ1) is 20.9. The first-order valence-electron chi connectivity index (χ1n) is 11.7. The molecular formula is C31H27NOS. The van der Waals surface area contributed by atoms with E-state index < -0.39 is 10.0 Å². The van der Waals surface area contributed by atoms with Gasteiger partial charge in [0.05, 0.1) is 11.8 Å². The summed E-state index contributed by atoms with van der Waals surface area (Å²) in [6.45, 7) is 4.71. The molecule has 0 aliphatic heterocycles. The zero-order chi connectivity index (χ0) is 23.1. The van der Waals surface area contributed by atoms with Gasteiger partial charge in [0.2, 0.25) is 5.71 Å². The summed E-state index contributed by atoms with van der Waals surface area (Å²) in [5.41, 5.74) is 3.17. The summed E-state index contributed by atoms with van der Waals surface area (Å²) in [5.74, 6) is 0. The molecule has 0 aliphatic rings. The fourth-order valence-electron chi connectivity index (χ4n) is 5.25. The lowest BCUT2D eigenvalue weighted by Gasteiger charge is -2.45. The van der Waals surface area contributed by atoms with Gasteiger partial charge in [-0.1, -0.05) is 68.4 Å². The average molecular weight is 462 g/mol. The van der Waals surface area contributed by atoms with Crippen LogP contribution in [0.4, 0.5) is 0 Å². The molecule has 4 aromatic carbocycles. The van der Waals surface area contributed by atoms with E-state index in [1.807, 2.05) is 0 Å². The van der Waals surface area contributed by atoms with E-state index in [4.69, 9.17) is 4.42 Å². The Morgan fingerprint density at radius 2 is 1.15 bits per heavy atom. The maximum absolute atomic E-state index is 5.93. The molecule has 2 heterocycles. The highest BCUT2D eigenvalue weighted by molar-refractivity contribution is 8.34. The van der Waals surface area contributed by atoms with Gasteiger partial charge in [-0.2, -0.15) is 10.0 Å². The number of para-hydroxylation sites is 1. The zero-order valence-corrected chi connectivity index (χ0v) is 20.2. The Morgan fingerprint density at radius 3 is 1.76 bits per heavy atom. The van der Waals surface area contributed by atoms with E-state index in [1.54, 1.807) is 6.26 Å². The first-order valence-corrected chi connectivity index (χ1v) is 13.4. The van der Waals surface area contributed by atoms with Crippen LogP contribution in [0.3, 0.4) is 0 Å². The third-order valence-electron chi connectivity index (χ3n) is 6.69. The topological polar surface area (TPSA) is 18.1 Å². The van der Waals surface area contributed by atoms with Crippen molar-refractivity contribution < 1.29 is 4.42 Å². The second-order valence-corrected chi connectivity index (χ2v) is 12.5. The lowest BCUT2D eigenvalue weighted by Crippen LogP contribution is -2.14. The Kier molecular flexibility index (Phi) is 5.08. The number of fused-ring (bicyclic) bond motifs is 3. The van der Waals surface area contributed by atoms with Crippen molar-refractivity contribution in [1.82, 2.24) is 4.57 Å². The van der Waals surface area contributed by atoms with Crippen LogP contribution in [-0.2, 0) is 0 Å². The van der Waals surface area contributed by atoms with Crippen LogP contribution in [0.25, 0.3) is 27.7 Å². The predicted molar refractivity (Wildman–Crippen MR) is 143 cm³/mol. The van der Waals surface area contributed by atoms with Gasteiger partial charge in [0.15, 0.2) is 0 Å². The summed E-state index contributed by atoms with van der Waals surface area (Å²) in [7, 11) is -1.44. The third-order valence-corrected chi connectivity index (χ3v) is 11.1. The van der Waals surface area contributed by atoms with Crippen LogP contribution in [0.5, 0.6) is 0 Å². The van der Waals surface area contributed by atoms with Gasteiger partial charge >= 0.3 is 0 Å². The van der Waals surface area contributed by atoms with E-state index in [-0.39, 0.29) is 0 Å². The molecule has 2 aromatic heterocycles. The number of furan rings is 1. The molecule has 0 amide bonds. The summed E-state index contributed by atoms with van der Waals surface area (Å²) in [5, 5.41) is 2.80. The molecule has 0 spiro atoms. The predicted octanol–water partition coefficient (Wildman–Crippen LogP) is 9.07. The minimum Gasteiger partial charge on any atom is -0.447 e. The summed E-state index contributed by atoms with van der Waals surface area (Å²) < 4.78 is 8.16. The first-order chi connectivity index (χ1) is 16.7. The second kappa shape index (κ2) is 8.27. The van der Waals surface area contributed by atoms with Gasteiger partial charge in [0.25, 0.3) is 0 Å². The molecule has 0 saturated carbocycles. The SMILES string of the molecule is CC(C)S(c1ccccc1)(c1ccccc1)c1ccc(-n2c3ccccc3c3ccoc32)cc1. The summed E-state index contributed by atoms with van der Waals surface area (Å²) >= 11 is 0. The van der Waals surface area contributed by atoms with E-state index in [1.165, 1.54) is 20.1 Å². The molecule has 0 fully saturated rings. The van der Waals surface area contributed by atoms with Gasteiger partial charge in [-0.3, -0.25) is 4.57 Å². The van der Waals surface area contributed by atoms with Gasteiger partial charge in [-0.25, -0.2) is 0 Å². The number of hydrogen-bond acceptors (Lipinski definition) is 1. The molecule has 0 unspecified atom stereocenters. The van der Waals surface area contributed by atoms with E-state index >= 15 is 0 Å². The van der Waals surface area contributed by atoms with Crippen molar-refractivity contribution in [2.45, 2.75) is 33.8 Å². The minimum atomic E-state index is -1.44. The van der Waals surface area contributed by atoms with E-state index in [0.717, 1.165) is 22.3 Å². The molecule has 2 nitrogen and oxygen atoms in total. The van der Waals surface area contributed by atoms with Crippen molar-refractivity contribution in [3.63, 3.8) is 0 Å². The molecule has 3 heteroatoms. The maximum atomic E-state index is 5.93. The van der Waals surface area contributed by atoms with E-state index in [2.05, 4.69) is 134 Å². The Morgan fingerprint density at radius 1 is 0.588 bits per heavy atom. The minimum absolute atomic E-state index is 0.437. The van der Waals surface area contributed by atoms with Crippen LogP contribution in [0.15, 0.2) is 141 Å². The lowest BCUT2D eigenvalue weighted by atomic mass is 10.2. The van der Waals surface area contributed by atoms with Gasteiger partial charge in [-0.15, -0.1) is 0 Å². The van der Waals surface area contributed by atoms with Crippen molar-refractivity contribution in [3.05, 3.63) is 122 Å². The van der Waals surface area contributed by atoms with Gasteiger partial charge in [-0.05, 0) is 80.6 Å². The van der Waals surface area contributed by atoms with Gasteiger partial charge < -0.3 is 4.42 Å². The molecule has 0 N–H and O–H groups in total. The average Bonchev–Trinajstić information content (AvgIpc) is 3.47. The van der Waals surface area contributed by atoms with E-state index in [9.17, 15) is 0 Å². The number of aromatic nitrogens is 1. The van der Waals surface area contributed by atoms with Crippen molar-refractivity contribution in [2.75, 3.05) is 0 Å². The van der Waals surface area contributed by atoms with E-state index in [0.29, 0.717) is 5.25 Å². The molecule has 168 valence electrons. The fraction of sp³-hybridized carbons (Fsp3) is 0.0968. The third kappa shape index (κ3) is 3.04. The van der Waals surface area contributed by atoms with Gasteiger partial charge in [0.1, 0.15) is 0 Å². The quantitative estimate of drug-likeness (QED) is 0.250. The molecule has 6 rings (SSSR count). The summed E-state index contributed by atoms with van der Waals surface area (Å²) in [4.78, 5) is 4.16. The summed E-state index contributed by atoms with van der Waals surface area (Å²) in [6, 6.07) is 41.7. The maximum Gasteiger partial charge on any atom is 0.212 e. The molecule has 0 bridgehead atoms. The molecular weight excluding hydrogens is 434 g/mol. The molecule has 34 heavy (non-hydrogen) atoms. The highest BCUT2D eigenvalue weighted by atomic mass is 32.3. The van der Waals surface area contributed by atoms with Crippen LogP contribution in [0, 0.1) is 0 Å². The normalized spacial score (nSPS) is 12.6. The van der Waals surface area contributed by atoms with Crippen molar-refractivity contribution in [3.8, 4) is 5.69 Å². The van der Waals surface area contributed by atoms with Gasteiger partial charge in [0, 0.05) is 16.5 Å². The molecule has 0 radical (unpaired) electrons. The largest absolute Gasteiger partial charge is 0.447 e. The van der Waals surface area contributed by atoms with Crippen molar-refractivity contribution in [1.29, 1.82) is 0 Å². The molecule has 6 aromatic rings. The van der Waals surface area contributed by atoms with Crippen molar-refractivity contribution >= 4 is 32.0 Å². The lowest BCUT2D eigenvalue weighted by molar-refractivity contribution is 0.596. The Bertz CT molecular complexity index is 1520. The fourth-order valence-corrected chi connectivity index (χ4v) is 9.43. The highest BCUT2D eigenvalue weighted by Gasteiger charge is 2.34. The Hall–Kier alpha value is -3.69. The Balaban J connectivity index is 1.57. The number of benzene rings is 4. The van der Waals surface area contributed by atoms with Crippen LogP contribution < -0.4 is 0 Å². The second-order valence-electron chi connectivity index (χ2n) is 8.82. The number of rotatable bonds is 5. The number of nitrogens with zero attached hydrogens (tertiary/aromatic N) is 1. The smallest absolute Gasteiger partial charge is 0.212 e. The highest BCUT2D eigenvalue weighted by Crippen LogP contribution is 2.71. The van der Waals surface area contributed by atoms with Crippen LogP contribution in [0.2, 0.25) is 0 Å². The van der Waals surface area contributed by atoms with Crippen molar-refractivity contribution in [2.24, 2.45) is 0 Å². The monoisotopic (exact) mass is 461 g/mol. The molecule has 0 atom stereocenters. The summed E-state index contributed by atoms with van der Waals surface area (Å²) in [6.07, 6.45) is 1.78. The van der Waals surface area contributed by atoms with Crippen LogP contribution >= 0.6 is 10.0 Å². The number of hydrogen-bond donors (Lipinski definition) is 0. The standard InChI is InChI=1S/C31H27NOS/c1-23(2)34(25-11-5-3-6-12-25,26-13-7-4-8-14-26)27-19-17-24(18-20-27)32-30-16-10-9-15-28(30)29-21-22-33-31(29)32/h3-23H,1-2H3. The van der Waals surface area contributed by atoms with Crippen LogP contribution in [-0.4, -0.2) is 9.82 Å². The molecule has 0 aliphatic carbocycles. The molecule has 0 saturated heterocycles.